The number of hydrogen-bond donors (Lipinski definition) is 0. The monoisotopic (exact) mass is 260 g/mol. The van der Waals surface area contributed by atoms with Crippen LogP contribution in [-0.2, 0) is 6.54 Å². The Labute approximate surface area is 117 Å². The maximum absolute atomic E-state index is 7.19. The fraction of sp³-hybridized carbons (Fsp3) is 0.176. The Kier molecular flexibility index (Phi) is 2.08. The molecule has 0 saturated heterocycles. The summed E-state index contributed by atoms with van der Waals surface area (Å²) in [6, 6.07) is 10.4. The molecular formula is C17H14N3+. The Bertz CT molecular complexity index is 910. The zero-order chi connectivity index (χ0) is 13.9. The molecule has 3 nitrogen and oxygen atoms in total. The largest absolute Gasteiger partial charge is 0.238 e. The highest BCUT2D eigenvalue weighted by Gasteiger charge is 2.29. The lowest BCUT2D eigenvalue weighted by Gasteiger charge is -2.03. The molecule has 2 aromatic carbocycles. The Balaban J connectivity index is 2.10. The smallest absolute Gasteiger partial charge is 0.204 e. The van der Waals surface area contributed by atoms with E-state index < -0.39 is 0 Å². The van der Waals surface area contributed by atoms with Gasteiger partial charge in [0.2, 0.25) is 6.20 Å². The highest BCUT2D eigenvalue weighted by molar-refractivity contribution is 5.83. The van der Waals surface area contributed by atoms with Crippen molar-refractivity contribution < 1.29 is 4.68 Å². The van der Waals surface area contributed by atoms with Gasteiger partial charge in [-0.1, -0.05) is 18.2 Å². The van der Waals surface area contributed by atoms with E-state index in [2.05, 4.69) is 46.4 Å². The molecule has 4 rings (SSSR count). The zero-order valence-electron chi connectivity index (χ0n) is 11.5. The van der Waals surface area contributed by atoms with Crippen LogP contribution in [0, 0.1) is 20.4 Å². The Morgan fingerprint density at radius 2 is 2.05 bits per heavy atom. The lowest BCUT2D eigenvalue weighted by atomic mass is 10.0. The van der Waals surface area contributed by atoms with Crippen LogP contribution in [0.2, 0.25) is 0 Å². The van der Waals surface area contributed by atoms with E-state index in [1.54, 1.807) is 0 Å². The normalized spacial score (nSPS) is 12.2. The number of nitrogens with zero attached hydrogens (tertiary/aromatic N) is 3. The van der Waals surface area contributed by atoms with Crippen molar-refractivity contribution in [2.24, 2.45) is 0 Å². The molecule has 0 N–H and O–H groups in total. The van der Waals surface area contributed by atoms with E-state index in [9.17, 15) is 0 Å². The first-order chi connectivity index (χ1) is 9.67. The molecule has 1 aliphatic rings. The van der Waals surface area contributed by atoms with Gasteiger partial charge >= 0.3 is 0 Å². The van der Waals surface area contributed by atoms with E-state index in [-0.39, 0.29) is 0 Å². The molecule has 0 fully saturated rings. The van der Waals surface area contributed by atoms with Crippen molar-refractivity contribution in [1.82, 2.24) is 4.68 Å². The second kappa shape index (κ2) is 3.71. The van der Waals surface area contributed by atoms with Crippen LogP contribution in [0.3, 0.4) is 0 Å². The molecule has 0 amide bonds. The third-order valence-electron chi connectivity index (χ3n) is 4.06. The average Bonchev–Trinajstić information content (AvgIpc) is 2.94. The second-order valence-corrected chi connectivity index (χ2v) is 5.47. The van der Waals surface area contributed by atoms with Gasteiger partial charge in [0, 0.05) is 0 Å². The van der Waals surface area contributed by atoms with Gasteiger partial charge in [-0.15, -0.1) is 9.36 Å². The summed E-state index contributed by atoms with van der Waals surface area (Å²) >= 11 is 0. The molecule has 3 heteroatoms. The molecule has 0 spiro atoms. The third kappa shape index (κ3) is 1.36. The SMILES string of the molecule is [C-]#[N+]c1ccc2c[n+]3n(c2c1)-c1cc(C)cc(C)c1C3. The maximum Gasteiger partial charge on any atom is 0.204 e. The summed E-state index contributed by atoms with van der Waals surface area (Å²) in [7, 11) is 0. The Morgan fingerprint density at radius 1 is 1.20 bits per heavy atom. The van der Waals surface area contributed by atoms with Gasteiger partial charge in [0.1, 0.15) is 11.2 Å². The molecule has 0 atom stereocenters. The fourth-order valence-electron chi connectivity index (χ4n) is 3.17. The highest BCUT2D eigenvalue weighted by Crippen LogP contribution is 2.29. The number of fused-ring (bicyclic) bond motifs is 5. The predicted octanol–water partition coefficient (Wildman–Crippen LogP) is 3.45. The minimum absolute atomic E-state index is 0.692. The molecule has 0 bridgehead atoms. The van der Waals surface area contributed by atoms with Crippen molar-refractivity contribution in [3.8, 4) is 5.69 Å². The first-order valence-corrected chi connectivity index (χ1v) is 6.70. The molecular weight excluding hydrogens is 246 g/mol. The number of rotatable bonds is 0. The third-order valence-corrected chi connectivity index (χ3v) is 4.06. The molecule has 1 aliphatic heterocycles. The number of hydrogen-bond acceptors (Lipinski definition) is 0. The van der Waals surface area contributed by atoms with Crippen LogP contribution in [0.25, 0.3) is 21.4 Å². The van der Waals surface area contributed by atoms with Crippen LogP contribution in [0.15, 0.2) is 36.5 Å². The molecule has 0 aliphatic carbocycles. The van der Waals surface area contributed by atoms with E-state index >= 15 is 0 Å². The highest BCUT2D eigenvalue weighted by atomic mass is 15.4. The van der Waals surface area contributed by atoms with E-state index in [1.807, 2.05) is 18.2 Å². The first-order valence-electron chi connectivity index (χ1n) is 6.70. The van der Waals surface area contributed by atoms with Gasteiger partial charge in [-0.05, 0) is 37.1 Å². The summed E-state index contributed by atoms with van der Waals surface area (Å²) in [6.07, 6.45) is 2.16. The van der Waals surface area contributed by atoms with Crippen molar-refractivity contribution in [3.05, 3.63) is 64.6 Å². The van der Waals surface area contributed by atoms with Crippen molar-refractivity contribution in [3.63, 3.8) is 0 Å². The average molecular weight is 260 g/mol. The topological polar surface area (TPSA) is 13.2 Å². The first kappa shape index (κ1) is 11.2. The van der Waals surface area contributed by atoms with Crippen LogP contribution < -0.4 is 4.68 Å². The van der Waals surface area contributed by atoms with E-state index in [0.29, 0.717) is 5.69 Å². The van der Waals surface area contributed by atoms with Crippen molar-refractivity contribution in [2.45, 2.75) is 20.4 Å². The van der Waals surface area contributed by atoms with Crippen molar-refractivity contribution in [2.75, 3.05) is 0 Å². The summed E-state index contributed by atoms with van der Waals surface area (Å²) in [5.74, 6) is 0. The summed E-state index contributed by atoms with van der Waals surface area (Å²) in [5, 5.41) is 1.18. The van der Waals surface area contributed by atoms with Crippen LogP contribution >= 0.6 is 0 Å². The van der Waals surface area contributed by atoms with E-state index in [1.165, 1.54) is 27.8 Å². The van der Waals surface area contributed by atoms with Gasteiger partial charge < -0.3 is 0 Å². The number of benzene rings is 2. The van der Waals surface area contributed by atoms with Gasteiger partial charge in [-0.25, -0.2) is 4.85 Å². The summed E-state index contributed by atoms with van der Waals surface area (Å²) < 4.78 is 4.47. The standard InChI is InChI=1S/C17H14N3/c1-11-6-12(2)15-10-19-9-13-4-5-14(18-3)8-16(13)20(19)17(15)7-11/h4-9H,10H2,1-2H3/q+1. The van der Waals surface area contributed by atoms with Gasteiger partial charge in [0.15, 0.2) is 12.2 Å². The summed E-state index contributed by atoms with van der Waals surface area (Å²) in [4.78, 5) is 3.54. The van der Waals surface area contributed by atoms with Gasteiger partial charge in [0.05, 0.1) is 17.5 Å². The van der Waals surface area contributed by atoms with Crippen molar-refractivity contribution >= 4 is 16.6 Å². The minimum Gasteiger partial charge on any atom is -0.238 e. The van der Waals surface area contributed by atoms with Crippen LogP contribution in [0.5, 0.6) is 0 Å². The van der Waals surface area contributed by atoms with Gasteiger partial charge in [-0.3, -0.25) is 0 Å². The Morgan fingerprint density at radius 3 is 2.85 bits per heavy atom. The number of aromatic nitrogens is 2. The van der Waals surface area contributed by atoms with Gasteiger partial charge in [-0.2, -0.15) is 0 Å². The summed E-state index contributed by atoms with van der Waals surface area (Å²) in [5.41, 5.74) is 7.05. The minimum atomic E-state index is 0.692. The van der Waals surface area contributed by atoms with E-state index in [0.717, 1.165) is 12.1 Å². The molecule has 0 unspecified atom stereocenters. The molecule has 20 heavy (non-hydrogen) atoms. The second-order valence-electron chi connectivity index (χ2n) is 5.47. The maximum atomic E-state index is 7.19. The molecule has 3 aromatic rings. The van der Waals surface area contributed by atoms with Crippen LogP contribution in [0.1, 0.15) is 16.7 Å². The fourth-order valence-corrected chi connectivity index (χ4v) is 3.17. The molecule has 0 saturated carbocycles. The molecule has 1 aromatic heterocycles. The van der Waals surface area contributed by atoms with Crippen molar-refractivity contribution in [1.29, 1.82) is 0 Å². The number of aryl methyl sites for hydroxylation is 2. The quantitative estimate of drug-likeness (QED) is 0.339. The lowest BCUT2D eigenvalue weighted by Crippen LogP contribution is -2.36. The van der Waals surface area contributed by atoms with E-state index in [4.69, 9.17) is 6.57 Å². The molecule has 96 valence electrons. The van der Waals surface area contributed by atoms with Crippen LogP contribution in [0.4, 0.5) is 5.69 Å². The van der Waals surface area contributed by atoms with Gasteiger partial charge in [0.25, 0.3) is 0 Å². The van der Waals surface area contributed by atoms with Crippen LogP contribution in [-0.4, -0.2) is 4.68 Å². The molecule has 0 radical (unpaired) electrons. The predicted molar refractivity (Wildman–Crippen MR) is 78.3 cm³/mol. The summed E-state index contributed by atoms with van der Waals surface area (Å²) in [6.45, 7) is 12.4. The zero-order valence-corrected chi connectivity index (χ0v) is 11.5. The molecule has 2 heterocycles. The Hall–Kier alpha value is -2.60. The lowest BCUT2D eigenvalue weighted by molar-refractivity contribution is -0.749.